The first-order chi connectivity index (χ1) is 8.74. The molecular formula is C13H20ClN3O2. The Kier molecular flexibility index (Phi) is 9.48. The number of hydrogen-bond acceptors (Lipinski definition) is 3. The van der Waals surface area contributed by atoms with E-state index in [1.54, 1.807) is 24.3 Å². The molecule has 19 heavy (non-hydrogen) atoms. The molecule has 0 atom stereocenters. The zero-order valence-corrected chi connectivity index (χ0v) is 11.5. The van der Waals surface area contributed by atoms with E-state index in [0.29, 0.717) is 18.7 Å². The van der Waals surface area contributed by atoms with Crippen LogP contribution in [-0.2, 0) is 4.79 Å². The van der Waals surface area contributed by atoms with Crippen molar-refractivity contribution in [2.24, 2.45) is 5.73 Å². The number of rotatable bonds is 7. The summed E-state index contributed by atoms with van der Waals surface area (Å²) in [7, 11) is 0. The second-order valence-electron chi connectivity index (χ2n) is 3.89. The number of hydrogen-bond donors (Lipinski definition) is 3. The fourth-order valence-corrected chi connectivity index (χ4v) is 1.41. The van der Waals surface area contributed by atoms with Gasteiger partial charge in [0.25, 0.3) is 5.91 Å². The van der Waals surface area contributed by atoms with Gasteiger partial charge in [-0.3, -0.25) is 9.59 Å². The van der Waals surface area contributed by atoms with Crippen LogP contribution >= 0.6 is 12.4 Å². The Balaban J connectivity index is 0.00000324. The van der Waals surface area contributed by atoms with Crippen LogP contribution in [0, 0.1) is 0 Å². The largest absolute Gasteiger partial charge is 0.355 e. The lowest BCUT2D eigenvalue weighted by Crippen LogP contribution is -2.37. The number of nitrogens with one attached hydrogen (secondary N) is 2. The van der Waals surface area contributed by atoms with E-state index in [4.69, 9.17) is 5.73 Å². The van der Waals surface area contributed by atoms with E-state index in [9.17, 15) is 9.59 Å². The van der Waals surface area contributed by atoms with Gasteiger partial charge in [-0.2, -0.15) is 0 Å². The van der Waals surface area contributed by atoms with Crippen LogP contribution in [0.5, 0.6) is 0 Å². The molecule has 0 saturated heterocycles. The van der Waals surface area contributed by atoms with Gasteiger partial charge in [-0.05, 0) is 31.5 Å². The quantitative estimate of drug-likeness (QED) is 0.645. The van der Waals surface area contributed by atoms with E-state index < -0.39 is 0 Å². The van der Waals surface area contributed by atoms with Crippen LogP contribution in [0.15, 0.2) is 30.3 Å². The molecule has 106 valence electrons. The van der Waals surface area contributed by atoms with Gasteiger partial charge in [-0.1, -0.05) is 18.2 Å². The van der Waals surface area contributed by atoms with Crippen LogP contribution in [0.1, 0.15) is 23.2 Å². The van der Waals surface area contributed by atoms with E-state index in [0.717, 1.165) is 12.8 Å². The molecular weight excluding hydrogens is 266 g/mol. The Morgan fingerprint density at radius 2 is 1.74 bits per heavy atom. The molecule has 0 aromatic heterocycles. The molecule has 0 bridgehead atoms. The molecule has 5 nitrogen and oxygen atoms in total. The van der Waals surface area contributed by atoms with Gasteiger partial charge < -0.3 is 16.4 Å². The summed E-state index contributed by atoms with van der Waals surface area (Å²) in [6.45, 7) is 1.22. The summed E-state index contributed by atoms with van der Waals surface area (Å²) < 4.78 is 0. The lowest BCUT2D eigenvalue weighted by atomic mass is 10.2. The molecule has 0 aliphatic rings. The smallest absolute Gasteiger partial charge is 0.251 e. The van der Waals surface area contributed by atoms with E-state index in [1.807, 2.05) is 6.07 Å². The third kappa shape index (κ3) is 7.43. The maximum Gasteiger partial charge on any atom is 0.251 e. The maximum atomic E-state index is 11.6. The van der Waals surface area contributed by atoms with Gasteiger partial charge >= 0.3 is 0 Å². The molecule has 0 aliphatic carbocycles. The molecule has 0 unspecified atom stereocenters. The van der Waals surface area contributed by atoms with Crippen molar-refractivity contribution in [2.75, 3.05) is 19.6 Å². The Morgan fingerprint density at radius 3 is 2.37 bits per heavy atom. The summed E-state index contributed by atoms with van der Waals surface area (Å²) in [5.41, 5.74) is 5.89. The van der Waals surface area contributed by atoms with Crippen molar-refractivity contribution < 1.29 is 9.59 Å². The van der Waals surface area contributed by atoms with Gasteiger partial charge in [0.15, 0.2) is 0 Å². The summed E-state index contributed by atoms with van der Waals surface area (Å²) in [4.78, 5) is 23.0. The summed E-state index contributed by atoms with van der Waals surface area (Å²) in [5.74, 6) is -0.427. The van der Waals surface area contributed by atoms with Crippen molar-refractivity contribution >= 4 is 24.2 Å². The Labute approximate surface area is 119 Å². The van der Waals surface area contributed by atoms with Crippen LogP contribution < -0.4 is 16.4 Å². The average molecular weight is 286 g/mol. The molecule has 0 saturated carbocycles. The predicted molar refractivity (Wildman–Crippen MR) is 77.3 cm³/mol. The number of nitrogens with two attached hydrogens (primary N) is 1. The van der Waals surface area contributed by atoms with Gasteiger partial charge in [0.2, 0.25) is 5.91 Å². The van der Waals surface area contributed by atoms with Crippen LogP contribution in [0.2, 0.25) is 0 Å². The minimum absolute atomic E-state index is 0. The van der Waals surface area contributed by atoms with Crippen molar-refractivity contribution in [1.82, 2.24) is 10.6 Å². The van der Waals surface area contributed by atoms with Crippen molar-refractivity contribution in [3.63, 3.8) is 0 Å². The fraction of sp³-hybridized carbons (Fsp3) is 0.385. The second-order valence-corrected chi connectivity index (χ2v) is 3.89. The van der Waals surface area contributed by atoms with Gasteiger partial charge in [0, 0.05) is 12.1 Å². The number of unbranched alkanes of at least 4 members (excludes halogenated alkanes) is 1. The molecule has 0 heterocycles. The average Bonchev–Trinajstić information content (AvgIpc) is 2.42. The molecule has 4 N–H and O–H groups in total. The SMILES string of the molecule is Cl.NCCCCNC(=O)CNC(=O)c1ccccc1. The lowest BCUT2D eigenvalue weighted by Gasteiger charge is -2.06. The lowest BCUT2D eigenvalue weighted by molar-refractivity contribution is -0.120. The van der Waals surface area contributed by atoms with Gasteiger partial charge in [0.1, 0.15) is 0 Å². The summed E-state index contributed by atoms with van der Waals surface area (Å²) >= 11 is 0. The highest BCUT2D eigenvalue weighted by molar-refractivity contribution is 5.96. The molecule has 1 rings (SSSR count). The minimum Gasteiger partial charge on any atom is -0.355 e. The van der Waals surface area contributed by atoms with E-state index in [2.05, 4.69) is 10.6 Å². The van der Waals surface area contributed by atoms with Crippen molar-refractivity contribution in [2.45, 2.75) is 12.8 Å². The van der Waals surface area contributed by atoms with Crippen molar-refractivity contribution in [3.05, 3.63) is 35.9 Å². The van der Waals surface area contributed by atoms with Gasteiger partial charge in [-0.15, -0.1) is 12.4 Å². The van der Waals surface area contributed by atoms with E-state index in [1.165, 1.54) is 0 Å². The number of amides is 2. The summed E-state index contributed by atoms with van der Waals surface area (Å²) in [6, 6.07) is 8.80. The molecule has 0 aliphatic heterocycles. The van der Waals surface area contributed by atoms with Gasteiger partial charge in [0.05, 0.1) is 6.54 Å². The molecule has 0 radical (unpaired) electrons. The first kappa shape index (κ1) is 17.4. The molecule has 6 heteroatoms. The Bertz CT molecular complexity index is 385. The zero-order chi connectivity index (χ0) is 13.2. The standard InChI is InChI=1S/C13H19N3O2.ClH/c14-8-4-5-9-15-12(17)10-16-13(18)11-6-2-1-3-7-11;/h1-3,6-7H,4-5,8-10,14H2,(H,15,17)(H,16,18);1H. The topological polar surface area (TPSA) is 84.2 Å². The highest BCUT2D eigenvalue weighted by Gasteiger charge is 2.06. The number of carbonyl (C=O) groups is 2. The first-order valence-electron chi connectivity index (χ1n) is 6.04. The minimum atomic E-state index is -0.243. The summed E-state index contributed by atoms with van der Waals surface area (Å²) in [6.07, 6.45) is 1.74. The van der Waals surface area contributed by atoms with Crippen LogP contribution in [0.4, 0.5) is 0 Å². The molecule has 0 spiro atoms. The number of carbonyl (C=O) groups excluding carboxylic acids is 2. The van der Waals surface area contributed by atoms with Crippen molar-refractivity contribution in [3.8, 4) is 0 Å². The third-order valence-electron chi connectivity index (χ3n) is 2.40. The zero-order valence-electron chi connectivity index (χ0n) is 10.7. The second kappa shape index (κ2) is 10.3. The van der Waals surface area contributed by atoms with Crippen LogP contribution in [-0.4, -0.2) is 31.4 Å². The number of benzene rings is 1. The molecule has 0 fully saturated rings. The monoisotopic (exact) mass is 285 g/mol. The summed E-state index contributed by atoms with van der Waals surface area (Å²) in [5, 5.41) is 5.28. The normalized spacial score (nSPS) is 9.32. The molecule has 1 aromatic carbocycles. The molecule has 2 amide bonds. The van der Waals surface area contributed by atoms with Crippen molar-refractivity contribution in [1.29, 1.82) is 0 Å². The van der Waals surface area contributed by atoms with E-state index in [-0.39, 0.29) is 30.8 Å². The van der Waals surface area contributed by atoms with E-state index >= 15 is 0 Å². The Morgan fingerprint density at radius 1 is 1.05 bits per heavy atom. The van der Waals surface area contributed by atoms with Crippen LogP contribution in [0.3, 0.4) is 0 Å². The van der Waals surface area contributed by atoms with Gasteiger partial charge in [-0.25, -0.2) is 0 Å². The Hall–Kier alpha value is -1.59. The molecule has 1 aromatic rings. The maximum absolute atomic E-state index is 11.6. The highest BCUT2D eigenvalue weighted by atomic mass is 35.5. The third-order valence-corrected chi connectivity index (χ3v) is 2.40. The predicted octanol–water partition coefficient (Wildman–Crippen LogP) is 0.693. The highest BCUT2D eigenvalue weighted by Crippen LogP contribution is 1.97. The number of halogens is 1. The first-order valence-corrected chi connectivity index (χ1v) is 6.04. The fourth-order valence-electron chi connectivity index (χ4n) is 1.41. The van der Waals surface area contributed by atoms with Crippen LogP contribution in [0.25, 0.3) is 0 Å².